The molecular formula is C23H25N3O3S. The van der Waals surface area contributed by atoms with Gasteiger partial charge in [-0.2, -0.15) is 0 Å². The summed E-state index contributed by atoms with van der Waals surface area (Å²) in [5, 5.41) is 2.81. The number of amides is 2. The Balaban J connectivity index is 1.34. The molecule has 30 heavy (non-hydrogen) atoms. The maximum absolute atomic E-state index is 12.8. The number of thiazole rings is 1. The summed E-state index contributed by atoms with van der Waals surface area (Å²) >= 11 is 1.53. The van der Waals surface area contributed by atoms with Gasteiger partial charge in [-0.05, 0) is 38.8 Å². The molecule has 1 aromatic carbocycles. The van der Waals surface area contributed by atoms with Crippen LogP contribution in [0.1, 0.15) is 53.7 Å². The molecule has 6 nitrogen and oxygen atoms in total. The quantitative estimate of drug-likeness (QED) is 0.697. The van der Waals surface area contributed by atoms with Crippen molar-refractivity contribution in [2.24, 2.45) is 0 Å². The molecule has 7 heteroatoms. The van der Waals surface area contributed by atoms with Gasteiger partial charge in [-0.25, -0.2) is 4.98 Å². The molecule has 0 aliphatic carbocycles. The first-order valence-electron chi connectivity index (χ1n) is 10.2. The molecule has 0 unspecified atom stereocenters. The summed E-state index contributed by atoms with van der Waals surface area (Å²) in [5.74, 6) is 5.73. The van der Waals surface area contributed by atoms with Crippen LogP contribution in [-0.2, 0) is 9.53 Å². The van der Waals surface area contributed by atoms with Gasteiger partial charge in [-0.3, -0.25) is 9.59 Å². The lowest BCUT2D eigenvalue weighted by molar-refractivity contribution is -0.126. The number of hydrogen-bond acceptors (Lipinski definition) is 5. The number of likely N-dealkylation sites (tertiary alicyclic amines) is 1. The number of carbonyl (C=O) groups excluding carboxylic acids is 2. The lowest BCUT2D eigenvalue weighted by Crippen LogP contribution is -2.44. The zero-order valence-corrected chi connectivity index (χ0v) is 18.1. The Bertz CT molecular complexity index is 982. The van der Waals surface area contributed by atoms with Gasteiger partial charge in [0, 0.05) is 35.9 Å². The first kappa shape index (κ1) is 20.6. The van der Waals surface area contributed by atoms with Gasteiger partial charge in [0.2, 0.25) is 0 Å². The molecule has 0 N–H and O–H groups in total. The van der Waals surface area contributed by atoms with Crippen LogP contribution in [0.15, 0.2) is 35.7 Å². The van der Waals surface area contributed by atoms with Crippen molar-refractivity contribution >= 4 is 23.2 Å². The van der Waals surface area contributed by atoms with E-state index in [2.05, 4.69) is 16.8 Å². The van der Waals surface area contributed by atoms with Crippen molar-refractivity contribution in [2.75, 3.05) is 26.4 Å². The zero-order valence-electron chi connectivity index (χ0n) is 17.3. The fourth-order valence-corrected chi connectivity index (χ4v) is 4.71. The fourth-order valence-electron chi connectivity index (χ4n) is 3.74. The van der Waals surface area contributed by atoms with Gasteiger partial charge in [0.25, 0.3) is 11.8 Å². The fraction of sp³-hybridized carbons (Fsp3) is 0.435. The SMILES string of the molecule is CC1(C)COCN1C(=O)c1csc(C2CCN(C(=O)C#Cc3ccccc3)CC2)n1. The molecule has 156 valence electrons. The second kappa shape index (κ2) is 8.58. The summed E-state index contributed by atoms with van der Waals surface area (Å²) < 4.78 is 5.45. The Hall–Kier alpha value is -2.69. The van der Waals surface area contributed by atoms with Crippen molar-refractivity contribution in [1.82, 2.24) is 14.8 Å². The highest BCUT2D eigenvalue weighted by molar-refractivity contribution is 7.09. The highest BCUT2D eigenvalue weighted by atomic mass is 32.1. The third kappa shape index (κ3) is 4.40. The molecule has 0 radical (unpaired) electrons. The second-order valence-electron chi connectivity index (χ2n) is 8.28. The Kier molecular flexibility index (Phi) is 5.89. The van der Waals surface area contributed by atoms with Crippen LogP contribution in [0.5, 0.6) is 0 Å². The van der Waals surface area contributed by atoms with E-state index in [1.807, 2.05) is 49.6 Å². The van der Waals surface area contributed by atoms with E-state index in [4.69, 9.17) is 4.74 Å². The Labute approximate surface area is 180 Å². The number of benzene rings is 1. The predicted molar refractivity (Wildman–Crippen MR) is 115 cm³/mol. The number of aromatic nitrogens is 1. The van der Waals surface area contributed by atoms with E-state index in [1.54, 1.807) is 9.80 Å². The maximum Gasteiger partial charge on any atom is 0.298 e. The van der Waals surface area contributed by atoms with E-state index in [0.717, 1.165) is 23.4 Å². The average molecular weight is 424 g/mol. The van der Waals surface area contributed by atoms with Crippen molar-refractivity contribution in [3.63, 3.8) is 0 Å². The summed E-state index contributed by atoms with van der Waals surface area (Å²) in [6.45, 7) is 6.15. The van der Waals surface area contributed by atoms with E-state index in [0.29, 0.717) is 32.1 Å². The van der Waals surface area contributed by atoms with Crippen LogP contribution in [0, 0.1) is 11.8 Å². The van der Waals surface area contributed by atoms with Crippen molar-refractivity contribution < 1.29 is 14.3 Å². The third-order valence-corrected chi connectivity index (χ3v) is 6.62. The molecule has 0 spiro atoms. The van der Waals surface area contributed by atoms with Gasteiger partial charge in [0.1, 0.15) is 12.4 Å². The minimum absolute atomic E-state index is 0.0798. The molecule has 0 bridgehead atoms. The van der Waals surface area contributed by atoms with Crippen molar-refractivity contribution in [2.45, 2.75) is 38.1 Å². The normalized spacial score (nSPS) is 18.7. The monoisotopic (exact) mass is 423 g/mol. The molecule has 2 saturated heterocycles. The Morgan fingerprint density at radius 3 is 2.60 bits per heavy atom. The Morgan fingerprint density at radius 1 is 1.20 bits per heavy atom. The largest absolute Gasteiger partial charge is 0.359 e. The number of nitrogens with zero attached hydrogens (tertiary/aromatic N) is 3. The van der Waals surface area contributed by atoms with Gasteiger partial charge in [-0.1, -0.05) is 24.1 Å². The molecule has 2 aliphatic rings. The molecule has 2 fully saturated rings. The van der Waals surface area contributed by atoms with E-state index in [-0.39, 0.29) is 23.3 Å². The van der Waals surface area contributed by atoms with E-state index < -0.39 is 0 Å². The van der Waals surface area contributed by atoms with Gasteiger partial charge in [0.05, 0.1) is 17.2 Å². The second-order valence-corrected chi connectivity index (χ2v) is 9.17. The standard InChI is InChI=1S/C23H25N3O3S/c1-23(2)15-29-16-26(23)22(28)19-14-30-21(24-19)18-10-12-25(13-11-18)20(27)9-8-17-6-4-3-5-7-17/h3-7,14,18H,10-13,15-16H2,1-2H3. The highest BCUT2D eigenvalue weighted by Crippen LogP contribution is 2.31. The summed E-state index contributed by atoms with van der Waals surface area (Å²) in [6.07, 6.45) is 1.66. The van der Waals surface area contributed by atoms with E-state index in [9.17, 15) is 9.59 Å². The number of piperidine rings is 1. The Morgan fingerprint density at radius 2 is 1.93 bits per heavy atom. The first-order chi connectivity index (χ1) is 14.4. The summed E-state index contributed by atoms with van der Waals surface area (Å²) in [5.41, 5.74) is 1.01. The van der Waals surface area contributed by atoms with Gasteiger partial charge in [0.15, 0.2) is 0 Å². The predicted octanol–water partition coefficient (Wildman–Crippen LogP) is 3.11. The molecule has 1 aromatic heterocycles. The summed E-state index contributed by atoms with van der Waals surface area (Å²) in [4.78, 5) is 33.4. The van der Waals surface area contributed by atoms with Crippen LogP contribution in [0.3, 0.4) is 0 Å². The third-order valence-electron chi connectivity index (χ3n) is 5.61. The maximum atomic E-state index is 12.8. The van der Waals surface area contributed by atoms with Crippen LogP contribution in [0.4, 0.5) is 0 Å². The molecular weight excluding hydrogens is 398 g/mol. The highest BCUT2D eigenvalue weighted by Gasteiger charge is 2.38. The molecule has 2 aromatic rings. The summed E-state index contributed by atoms with van der Waals surface area (Å²) in [7, 11) is 0. The lowest BCUT2D eigenvalue weighted by atomic mass is 9.97. The van der Waals surface area contributed by atoms with E-state index >= 15 is 0 Å². The number of rotatable bonds is 2. The van der Waals surface area contributed by atoms with Crippen LogP contribution in [0.2, 0.25) is 0 Å². The van der Waals surface area contributed by atoms with Crippen molar-refractivity contribution in [1.29, 1.82) is 0 Å². The molecule has 3 heterocycles. The molecule has 0 saturated carbocycles. The smallest absolute Gasteiger partial charge is 0.298 e. The number of carbonyl (C=O) groups is 2. The minimum Gasteiger partial charge on any atom is -0.359 e. The first-order valence-corrected chi connectivity index (χ1v) is 11.0. The zero-order chi connectivity index (χ0) is 21.1. The molecule has 2 aliphatic heterocycles. The van der Waals surface area contributed by atoms with Crippen LogP contribution in [0.25, 0.3) is 0 Å². The van der Waals surface area contributed by atoms with Crippen molar-refractivity contribution in [3.05, 3.63) is 52.0 Å². The van der Waals surface area contributed by atoms with Gasteiger partial charge in [-0.15, -0.1) is 11.3 Å². The van der Waals surface area contributed by atoms with Crippen LogP contribution >= 0.6 is 11.3 Å². The topological polar surface area (TPSA) is 62.7 Å². The van der Waals surface area contributed by atoms with Crippen LogP contribution < -0.4 is 0 Å². The minimum atomic E-state index is -0.312. The van der Waals surface area contributed by atoms with Crippen molar-refractivity contribution in [3.8, 4) is 11.8 Å². The van der Waals surface area contributed by atoms with Gasteiger partial charge >= 0.3 is 0 Å². The molecule has 2 amide bonds. The lowest BCUT2D eigenvalue weighted by Gasteiger charge is -2.29. The average Bonchev–Trinajstić information content (AvgIpc) is 3.39. The number of ether oxygens (including phenoxy) is 1. The molecule has 0 atom stereocenters. The van der Waals surface area contributed by atoms with Gasteiger partial charge < -0.3 is 14.5 Å². The summed E-state index contributed by atoms with van der Waals surface area (Å²) in [6, 6.07) is 9.52. The van der Waals surface area contributed by atoms with Crippen LogP contribution in [-0.4, -0.2) is 58.6 Å². The molecule has 4 rings (SSSR count). The number of hydrogen-bond donors (Lipinski definition) is 0. The van der Waals surface area contributed by atoms with E-state index in [1.165, 1.54) is 11.3 Å².